The second kappa shape index (κ2) is 21.8. The SMILES string of the molecule is CCCCCCCCCCCC[B-](c1ccc(OC)cc1)(c1ccc(OC)cc1)c1ccc(OC)cc1.CC[N+](CC)(CC)CC. The number of rotatable bonds is 21. The van der Waals surface area contributed by atoms with Gasteiger partial charge in [-0.15, -0.1) is 0 Å². The van der Waals surface area contributed by atoms with Gasteiger partial charge in [0.05, 0.1) is 53.7 Å². The molecule has 4 nitrogen and oxygen atoms in total. The van der Waals surface area contributed by atoms with Gasteiger partial charge in [-0.2, -0.15) is 22.7 Å². The van der Waals surface area contributed by atoms with Crippen molar-refractivity contribution in [3.05, 3.63) is 72.8 Å². The molecule has 3 aromatic rings. The zero-order valence-electron chi connectivity index (χ0n) is 30.8. The third-order valence-corrected chi connectivity index (χ3v) is 10.7. The lowest BCUT2D eigenvalue weighted by Gasteiger charge is -2.43. The lowest BCUT2D eigenvalue weighted by molar-refractivity contribution is -0.921. The second-order valence-corrected chi connectivity index (χ2v) is 12.9. The van der Waals surface area contributed by atoms with Crippen LogP contribution in [0, 0.1) is 0 Å². The number of methoxy groups -OCH3 is 3. The first kappa shape index (κ1) is 39.3. The Morgan fingerprint density at radius 3 is 0.935 bits per heavy atom. The van der Waals surface area contributed by atoms with Gasteiger partial charge in [0.15, 0.2) is 0 Å². The number of benzene rings is 3. The molecule has 3 rings (SSSR count). The minimum Gasteiger partial charge on any atom is -0.497 e. The van der Waals surface area contributed by atoms with Crippen LogP contribution in [0.1, 0.15) is 98.8 Å². The van der Waals surface area contributed by atoms with Gasteiger partial charge >= 0.3 is 0 Å². The van der Waals surface area contributed by atoms with Gasteiger partial charge in [-0.3, -0.25) is 0 Å². The van der Waals surface area contributed by atoms with Crippen LogP contribution in [0.15, 0.2) is 72.8 Å². The van der Waals surface area contributed by atoms with Gasteiger partial charge in [-0.25, -0.2) is 0 Å². The molecule has 0 spiro atoms. The molecular weight excluding hydrogens is 565 g/mol. The molecule has 256 valence electrons. The lowest BCUT2D eigenvalue weighted by Crippen LogP contribution is -2.66. The smallest absolute Gasteiger partial charge is 0.118 e. The Morgan fingerprint density at radius 2 is 0.696 bits per heavy atom. The van der Waals surface area contributed by atoms with Crippen LogP contribution in [0.2, 0.25) is 6.32 Å². The van der Waals surface area contributed by atoms with Crippen LogP contribution in [0.3, 0.4) is 0 Å². The summed E-state index contributed by atoms with van der Waals surface area (Å²) in [6, 6.07) is 26.1. The van der Waals surface area contributed by atoms with Crippen LogP contribution in [0.5, 0.6) is 17.2 Å². The molecule has 0 radical (unpaired) electrons. The van der Waals surface area contributed by atoms with Crippen LogP contribution in [0.4, 0.5) is 0 Å². The highest BCUT2D eigenvalue weighted by Gasteiger charge is 2.30. The van der Waals surface area contributed by atoms with Crippen molar-refractivity contribution >= 4 is 22.5 Å². The first-order valence-electron chi connectivity index (χ1n) is 18.4. The van der Waals surface area contributed by atoms with E-state index in [1.54, 1.807) is 21.3 Å². The van der Waals surface area contributed by atoms with Crippen molar-refractivity contribution in [3.63, 3.8) is 0 Å². The van der Waals surface area contributed by atoms with Gasteiger partial charge in [-0.1, -0.05) is 108 Å². The van der Waals surface area contributed by atoms with Gasteiger partial charge in [-0.05, 0) is 64.1 Å². The largest absolute Gasteiger partial charge is 0.497 e. The Hall–Kier alpha value is -2.92. The first-order valence-corrected chi connectivity index (χ1v) is 18.4. The van der Waals surface area contributed by atoms with Crippen molar-refractivity contribution in [2.24, 2.45) is 0 Å². The van der Waals surface area contributed by atoms with Gasteiger partial charge in [0.2, 0.25) is 0 Å². The quantitative estimate of drug-likeness (QED) is 0.0667. The second-order valence-electron chi connectivity index (χ2n) is 12.9. The van der Waals surface area contributed by atoms with Crippen molar-refractivity contribution in [1.29, 1.82) is 0 Å². The average Bonchev–Trinajstić information content (AvgIpc) is 3.12. The van der Waals surface area contributed by atoms with E-state index in [-0.39, 0.29) is 0 Å². The Bertz CT molecular complexity index is 1040. The Kier molecular flexibility index (Phi) is 18.6. The third-order valence-electron chi connectivity index (χ3n) is 10.7. The van der Waals surface area contributed by atoms with Crippen LogP contribution in [-0.2, 0) is 0 Å². The van der Waals surface area contributed by atoms with Crippen molar-refractivity contribution in [2.75, 3.05) is 47.5 Å². The molecule has 3 aromatic carbocycles. The normalized spacial score (nSPS) is 11.5. The van der Waals surface area contributed by atoms with E-state index in [0.29, 0.717) is 0 Å². The molecular formula is C41H66BNO3. The van der Waals surface area contributed by atoms with Crippen LogP contribution in [-0.4, -0.2) is 58.1 Å². The maximum Gasteiger partial charge on any atom is 0.118 e. The molecule has 0 aromatic heterocycles. The molecule has 0 saturated heterocycles. The molecule has 0 unspecified atom stereocenters. The molecule has 0 atom stereocenters. The molecule has 0 fully saturated rings. The highest BCUT2D eigenvalue weighted by molar-refractivity contribution is 7.11. The van der Waals surface area contributed by atoms with E-state index in [1.165, 1.54) is 111 Å². The molecule has 0 bridgehead atoms. The van der Waals surface area contributed by atoms with Crippen molar-refractivity contribution in [2.45, 2.75) is 105 Å². The zero-order chi connectivity index (χ0) is 33.7. The molecule has 0 saturated carbocycles. The monoisotopic (exact) mass is 632 g/mol. The van der Waals surface area contributed by atoms with E-state index in [4.69, 9.17) is 14.2 Å². The van der Waals surface area contributed by atoms with Gasteiger partial charge in [0, 0.05) is 0 Å². The minimum absolute atomic E-state index is 0.886. The molecule has 46 heavy (non-hydrogen) atoms. The molecule has 0 aliphatic heterocycles. The number of nitrogens with zero attached hydrogens (tertiary/aromatic N) is 1. The van der Waals surface area contributed by atoms with E-state index >= 15 is 0 Å². The Labute approximate surface area is 283 Å². The number of quaternary nitrogens is 1. The number of hydrogen-bond acceptors (Lipinski definition) is 3. The molecule has 5 heteroatoms. The van der Waals surface area contributed by atoms with Crippen LogP contribution >= 0.6 is 0 Å². The fourth-order valence-electron chi connectivity index (χ4n) is 7.15. The Morgan fingerprint density at radius 1 is 0.413 bits per heavy atom. The summed E-state index contributed by atoms with van der Waals surface area (Å²) in [6.07, 6.45) is 13.3. The fraction of sp³-hybridized carbons (Fsp3) is 0.561. The highest BCUT2D eigenvalue weighted by atomic mass is 16.5. The molecule has 0 heterocycles. The summed E-state index contributed by atoms with van der Waals surface area (Å²) in [6.45, 7) is 16.5. The maximum absolute atomic E-state index is 5.49. The standard InChI is InChI=1S/C33H46BO3.C8H20N/c1-5-6-7-8-9-10-11-12-13-14-27-34(28-15-21-31(35-2)22-16-28,29-17-23-32(36-3)24-18-29)30-19-25-33(37-4)26-20-30;1-5-9(6-2,7-3)8-4/h15-26H,5-14,27H2,1-4H3;5-8H2,1-4H3/q-1;+1. The average molecular weight is 632 g/mol. The maximum atomic E-state index is 5.49. The first-order chi connectivity index (χ1) is 22.4. The van der Waals surface area contributed by atoms with Crippen molar-refractivity contribution in [1.82, 2.24) is 0 Å². The van der Waals surface area contributed by atoms with E-state index < -0.39 is 6.15 Å². The predicted molar refractivity (Wildman–Crippen MR) is 203 cm³/mol. The van der Waals surface area contributed by atoms with Gasteiger partial charge in [0.25, 0.3) is 0 Å². The lowest BCUT2D eigenvalue weighted by atomic mass is 9.14. The number of ether oxygens (including phenoxy) is 3. The van der Waals surface area contributed by atoms with Gasteiger partial charge in [0.1, 0.15) is 17.2 Å². The molecule has 0 amide bonds. The highest BCUT2D eigenvalue weighted by Crippen LogP contribution is 2.22. The fourth-order valence-corrected chi connectivity index (χ4v) is 7.15. The van der Waals surface area contributed by atoms with E-state index in [9.17, 15) is 0 Å². The number of unbranched alkanes of at least 4 members (excludes halogenated alkanes) is 9. The van der Waals surface area contributed by atoms with Crippen molar-refractivity contribution < 1.29 is 18.7 Å². The summed E-state index contributed by atoms with van der Waals surface area (Å²) in [5, 5.41) is 0. The van der Waals surface area contributed by atoms with Crippen LogP contribution in [0.25, 0.3) is 0 Å². The van der Waals surface area contributed by atoms with E-state index in [1.807, 2.05) is 0 Å². The topological polar surface area (TPSA) is 27.7 Å². The van der Waals surface area contributed by atoms with E-state index in [2.05, 4.69) is 107 Å². The summed E-state index contributed by atoms with van der Waals surface area (Å²) < 4.78 is 17.8. The third kappa shape index (κ3) is 11.4. The molecule has 0 N–H and O–H groups in total. The van der Waals surface area contributed by atoms with E-state index in [0.717, 1.165) is 23.6 Å². The summed E-state index contributed by atoms with van der Waals surface area (Å²) in [5.74, 6) is 2.66. The van der Waals surface area contributed by atoms with Crippen molar-refractivity contribution in [3.8, 4) is 17.2 Å². The number of hydrogen-bond donors (Lipinski definition) is 0. The van der Waals surface area contributed by atoms with Gasteiger partial charge < -0.3 is 18.7 Å². The Balaban J connectivity index is 0.000000713. The molecule has 0 aliphatic carbocycles. The summed E-state index contributed by atoms with van der Waals surface area (Å²) in [4.78, 5) is 0. The summed E-state index contributed by atoms with van der Waals surface area (Å²) >= 11 is 0. The minimum atomic E-state index is -1.18. The molecule has 0 aliphatic rings. The van der Waals surface area contributed by atoms with Crippen LogP contribution < -0.4 is 30.6 Å². The predicted octanol–water partition coefficient (Wildman–Crippen LogP) is 8.99. The zero-order valence-corrected chi connectivity index (χ0v) is 30.8. The summed E-state index contributed by atoms with van der Waals surface area (Å²) in [5.41, 5.74) is 4.02. The summed E-state index contributed by atoms with van der Waals surface area (Å²) in [7, 11) is 5.18.